The highest BCUT2D eigenvalue weighted by molar-refractivity contribution is 7.20. The van der Waals surface area contributed by atoms with Crippen molar-refractivity contribution in [2.24, 2.45) is 18.4 Å². The maximum Gasteiger partial charge on any atom is 0.261 e. The third kappa shape index (κ3) is 3.83. The van der Waals surface area contributed by atoms with Crippen molar-refractivity contribution in [3.63, 3.8) is 0 Å². The number of carbonyl (C=O) groups excluding carboxylic acids is 2. The first kappa shape index (κ1) is 19.4. The Balaban J connectivity index is 1.74. The lowest BCUT2D eigenvalue weighted by Crippen LogP contribution is -2.37. The van der Waals surface area contributed by atoms with Crippen LogP contribution in [0.25, 0.3) is 10.2 Å². The van der Waals surface area contributed by atoms with Crippen LogP contribution in [0.15, 0.2) is 6.07 Å². The molecule has 0 aliphatic heterocycles. The van der Waals surface area contributed by atoms with Crippen molar-refractivity contribution in [1.29, 1.82) is 5.26 Å². The van der Waals surface area contributed by atoms with Crippen molar-refractivity contribution in [2.45, 2.75) is 46.1 Å². The van der Waals surface area contributed by atoms with E-state index in [2.05, 4.69) is 21.8 Å². The quantitative estimate of drug-likeness (QED) is 0.796. The fraction of sp³-hybridized carbons (Fsp3) is 0.579. The molecule has 0 saturated heterocycles. The van der Waals surface area contributed by atoms with Gasteiger partial charge in [0.15, 0.2) is 0 Å². The van der Waals surface area contributed by atoms with Gasteiger partial charge in [0, 0.05) is 19.0 Å². The highest BCUT2D eigenvalue weighted by Crippen LogP contribution is 2.37. The normalized spacial score (nSPS) is 15.8. The lowest BCUT2D eigenvalue weighted by molar-refractivity contribution is -0.128. The maximum absolute atomic E-state index is 12.5. The number of fused-ring (bicyclic) bond motifs is 1. The Hall–Kier alpha value is -2.40. The summed E-state index contributed by atoms with van der Waals surface area (Å²) in [5.74, 6) is 0.0829. The Morgan fingerprint density at radius 3 is 2.70 bits per heavy atom. The number of thiophene rings is 1. The summed E-state index contributed by atoms with van der Waals surface area (Å²) in [4.78, 5) is 26.4. The molecule has 1 aliphatic rings. The number of amides is 2. The Kier molecular flexibility index (Phi) is 5.51. The van der Waals surface area contributed by atoms with Gasteiger partial charge in [-0.2, -0.15) is 10.4 Å². The molecule has 8 heteroatoms. The van der Waals surface area contributed by atoms with E-state index in [1.165, 1.54) is 11.3 Å². The predicted octanol–water partition coefficient (Wildman–Crippen LogP) is 2.72. The van der Waals surface area contributed by atoms with E-state index >= 15 is 0 Å². The molecule has 1 aliphatic carbocycles. The monoisotopic (exact) mass is 387 g/mol. The Labute approximate surface area is 162 Å². The molecule has 0 atom stereocenters. The summed E-state index contributed by atoms with van der Waals surface area (Å²) in [5.41, 5.74) is -0.184. The molecular formula is C19H25N5O2S. The minimum Gasteiger partial charge on any atom is -0.351 e. The second-order valence-electron chi connectivity index (χ2n) is 7.59. The maximum atomic E-state index is 12.5. The van der Waals surface area contributed by atoms with Crippen molar-refractivity contribution < 1.29 is 9.59 Å². The van der Waals surface area contributed by atoms with Crippen molar-refractivity contribution in [3.8, 4) is 6.07 Å². The molecular weight excluding hydrogens is 362 g/mol. The third-order valence-electron chi connectivity index (χ3n) is 5.00. The smallest absolute Gasteiger partial charge is 0.261 e. The average Bonchev–Trinajstić information content (AvgIpc) is 3.35. The predicted molar refractivity (Wildman–Crippen MR) is 104 cm³/mol. The first-order valence-electron chi connectivity index (χ1n) is 9.29. The number of aromatic nitrogens is 2. The molecule has 7 nitrogen and oxygen atoms in total. The summed E-state index contributed by atoms with van der Waals surface area (Å²) in [6, 6.07) is 4.04. The fourth-order valence-electron chi connectivity index (χ4n) is 3.44. The third-order valence-corrected chi connectivity index (χ3v) is 6.21. The largest absolute Gasteiger partial charge is 0.351 e. The highest BCUT2D eigenvalue weighted by atomic mass is 32.1. The number of nitrogens with zero attached hydrogens (tertiary/aromatic N) is 3. The molecule has 0 spiro atoms. The molecule has 2 aromatic heterocycles. The van der Waals surface area contributed by atoms with Crippen LogP contribution in [-0.2, 0) is 18.4 Å². The van der Waals surface area contributed by atoms with Gasteiger partial charge in [0.1, 0.15) is 10.2 Å². The molecule has 2 aromatic rings. The fourth-order valence-corrected chi connectivity index (χ4v) is 4.45. The van der Waals surface area contributed by atoms with Crippen LogP contribution in [0.3, 0.4) is 0 Å². The summed E-state index contributed by atoms with van der Waals surface area (Å²) in [7, 11) is 1.83. The van der Waals surface area contributed by atoms with E-state index in [1.54, 1.807) is 4.68 Å². The zero-order valence-corrected chi connectivity index (χ0v) is 16.8. The van der Waals surface area contributed by atoms with Crippen LogP contribution in [0.1, 0.15) is 54.9 Å². The molecule has 0 bridgehead atoms. The van der Waals surface area contributed by atoms with E-state index in [-0.39, 0.29) is 18.4 Å². The summed E-state index contributed by atoms with van der Waals surface area (Å²) >= 11 is 1.39. The van der Waals surface area contributed by atoms with Gasteiger partial charge < -0.3 is 10.6 Å². The highest BCUT2D eigenvalue weighted by Gasteiger charge is 2.41. The van der Waals surface area contributed by atoms with E-state index in [1.807, 2.05) is 27.0 Å². The van der Waals surface area contributed by atoms with E-state index in [4.69, 9.17) is 0 Å². The van der Waals surface area contributed by atoms with Crippen LogP contribution in [0.4, 0.5) is 0 Å². The summed E-state index contributed by atoms with van der Waals surface area (Å²) in [6.45, 7) is 4.98. The SMILES string of the molecule is CC(C)CNC(=O)c1cc2c(CNC(=O)C3(C#N)CCCC3)nn(C)c2s1. The van der Waals surface area contributed by atoms with E-state index in [0.29, 0.717) is 35.9 Å². The molecule has 2 N–H and O–H groups in total. The first-order chi connectivity index (χ1) is 12.9. The van der Waals surface area contributed by atoms with Gasteiger partial charge in [-0.1, -0.05) is 26.7 Å². The van der Waals surface area contributed by atoms with Crippen molar-refractivity contribution in [3.05, 3.63) is 16.6 Å². The molecule has 1 saturated carbocycles. The number of rotatable bonds is 6. The van der Waals surface area contributed by atoms with Gasteiger partial charge in [0.2, 0.25) is 5.91 Å². The second-order valence-corrected chi connectivity index (χ2v) is 8.62. The van der Waals surface area contributed by atoms with Crippen LogP contribution in [0.5, 0.6) is 0 Å². The summed E-state index contributed by atoms with van der Waals surface area (Å²) in [5, 5.41) is 20.6. The van der Waals surface area contributed by atoms with Crippen molar-refractivity contribution in [1.82, 2.24) is 20.4 Å². The van der Waals surface area contributed by atoms with Gasteiger partial charge in [-0.05, 0) is 24.8 Å². The summed E-state index contributed by atoms with van der Waals surface area (Å²) in [6.07, 6.45) is 3.06. The zero-order chi connectivity index (χ0) is 19.6. The van der Waals surface area contributed by atoms with Crippen LogP contribution >= 0.6 is 11.3 Å². The van der Waals surface area contributed by atoms with Gasteiger partial charge in [-0.3, -0.25) is 14.3 Å². The number of hydrogen-bond donors (Lipinski definition) is 2. The van der Waals surface area contributed by atoms with E-state index < -0.39 is 5.41 Å². The van der Waals surface area contributed by atoms with Crippen LogP contribution < -0.4 is 10.6 Å². The van der Waals surface area contributed by atoms with Gasteiger partial charge >= 0.3 is 0 Å². The molecule has 0 radical (unpaired) electrons. The van der Waals surface area contributed by atoms with Gasteiger partial charge in [-0.25, -0.2) is 0 Å². The van der Waals surface area contributed by atoms with Crippen LogP contribution in [0.2, 0.25) is 0 Å². The Morgan fingerprint density at radius 1 is 1.37 bits per heavy atom. The lowest BCUT2D eigenvalue weighted by atomic mass is 9.87. The van der Waals surface area contributed by atoms with E-state index in [9.17, 15) is 14.9 Å². The molecule has 3 rings (SSSR count). The molecule has 2 amide bonds. The van der Waals surface area contributed by atoms with Gasteiger partial charge in [0.05, 0.1) is 23.2 Å². The number of nitriles is 1. The molecule has 27 heavy (non-hydrogen) atoms. The molecule has 144 valence electrons. The minimum atomic E-state index is -0.898. The second kappa shape index (κ2) is 7.69. The first-order valence-corrected chi connectivity index (χ1v) is 10.1. The number of hydrogen-bond acceptors (Lipinski definition) is 5. The Bertz CT molecular complexity index is 899. The number of nitrogens with one attached hydrogen (secondary N) is 2. The number of aryl methyl sites for hydroxylation is 1. The minimum absolute atomic E-state index is 0.0886. The van der Waals surface area contributed by atoms with Gasteiger partial charge in [0.25, 0.3) is 5.91 Å². The zero-order valence-electron chi connectivity index (χ0n) is 16.0. The lowest BCUT2D eigenvalue weighted by Gasteiger charge is -2.18. The molecule has 2 heterocycles. The Morgan fingerprint density at radius 2 is 2.07 bits per heavy atom. The topological polar surface area (TPSA) is 99.8 Å². The van der Waals surface area contributed by atoms with Gasteiger partial charge in [-0.15, -0.1) is 11.3 Å². The standard InChI is InChI=1S/C19H25N5O2S/c1-12(2)9-21-16(25)15-8-13-14(23-24(3)17(13)27-15)10-22-18(26)19(11-20)6-4-5-7-19/h8,12H,4-7,9-10H2,1-3H3,(H,21,25)(H,22,26). The van der Waals surface area contributed by atoms with Crippen LogP contribution in [-0.4, -0.2) is 28.1 Å². The van der Waals surface area contributed by atoms with E-state index in [0.717, 1.165) is 23.1 Å². The molecule has 1 fully saturated rings. The number of carbonyl (C=O) groups is 2. The average molecular weight is 388 g/mol. The molecule has 0 unspecified atom stereocenters. The van der Waals surface area contributed by atoms with Crippen molar-refractivity contribution >= 4 is 33.4 Å². The van der Waals surface area contributed by atoms with Crippen molar-refractivity contribution in [2.75, 3.05) is 6.54 Å². The summed E-state index contributed by atoms with van der Waals surface area (Å²) < 4.78 is 1.73. The molecule has 0 aromatic carbocycles. The van der Waals surface area contributed by atoms with Crippen LogP contribution in [0, 0.1) is 22.7 Å².